The van der Waals surface area contributed by atoms with Crippen molar-refractivity contribution in [1.29, 1.82) is 0 Å². The molecule has 1 aromatic rings. The molecular weight excluding hydrogens is 200 g/mol. The van der Waals surface area contributed by atoms with E-state index in [9.17, 15) is 4.79 Å². The van der Waals surface area contributed by atoms with Gasteiger partial charge in [0.15, 0.2) is 5.76 Å². The van der Waals surface area contributed by atoms with E-state index >= 15 is 0 Å². The Kier molecular flexibility index (Phi) is 2.38. The van der Waals surface area contributed by atoms with Crippen molar-refractivity contribution >= 4 is 5.78 Å². The molecule has 0 spiro atoms. The molecule has 2 nitrogen and oxygen atoms in total. The van der Waals surface area contributed by atoms with E-state index in [1.54, 1.807) is 0 Å². The number of hydrogen-bond acceptors (Lipinski definition) is 2. The second-order valence-corrected chi connectivity index (χ2v) is 5.12. The average molecular weight is 218 g/mol. The highest BCUT2D eigenvalue weighted by Crippen LogP contribution is 2.56. The summed E-state index contributed by atoms with van der Waals surface area (Å²) >= 11 is 0. The Morgan fingerprint density at radius 3 is 2.56 bits per heavy atom. The van der Waals surface area contributed by atoms with Gasteiger partial charge in [0.2, 0.25) is 5.78 Å². The molecule has 0 N–H and O–H groups in total. The molecule has 2 aliphatic carbocycles. The third-order valence-electron chi connectivity index (χ3n) is 4.21. The second kappa shape index (κ2) is 3.76. The van der Waals surface area contributed by atoms with Crippen LogP contribution in [0, 0.1) is 17.8 Å². The van der Waals surface area contributed by atoms with Gasteiger partial charge >= 0.3 is 0 Å². The van der Waals surface area contributed by atoms with Crippen LogP contribution in [0.3, 0.4) is 0 Å². The molecule has 0 radical (unpaired) electrons. The SMILES string of the molecule is CCc1ccc(C(=O)C2C3CCCCC32)o1. The molecular formula is C14H18O2. The summed E-state index contributed by atoms with van der Waals surface area (Å²) in [4.78, 5) is 12.2. The highest BCUT2D eigenvalue weighted by atomic mass is 16.3. The number of ketones is 1. The van der Waals surface area contributed by atoms with E-state index in [1.165, 1.54) is 25.7 Å². The molecule has 2 atom stereocenters. The standard InChI is InChI=1S/C14H18O2/c1-2-9-7-8-12(16-9)14(15)13-10-5-3-4-6-11(10)13/h7-8,10-11,13H,2-6H2,1H3. The minimum Gasteiger partial charge on any atom is -0.458 e. The maximum Gasteiger partial charge on any atom is 0.201 e. The van der Waals surface area contributed by atoms with E-state index in [-0.39, 0.29) is 5.78 Å². The lowest BCUT2D eigenvalue weighted by molar-refractivity contribution is 0.0927. The van der Waals surface area contributed by atoms with Crippen molar-refractivity contribution in [3.8, 4) is 0 Å². The van der Waals surface area contributed by atoms with Gasteiger partial charge in [-0.1, -0.05) is 19.8 Å². The van der Waals surface area contributed by atoms with Crippen LogP contribution < -0.4 is 0 Å². The highest BCUT2D eigenvalue weighted by Gasteiger charge is 2.55. The Bertz CT molecular complexity index is 393. The van der Waals surface area contributed by atoms with Gasteiger partial charge in [-0.2, -0.15) is 0 Å². The summed E-state index contributed by atoms with van der Waals surface area (Å²) in [5.74, 6) is 3.42. The van der Waals surface area contributed by atoms with Crippen LogP contribution in [-0.4, -0.2) is 5.78 Å². The Labute approximate surface area is 96.0 Å². The zero-order valence-electron chi connectivity index (χ0n) is 9.74. The van der Waals surface area contributed by atoms with Crippen molar-refractivity contribution in [1.82, 2.24) is 0 Å². The van der Waals surface area contributed by atoms with Crippen LogP contribution in [0.25, 0.3) is 0 Å². The van der Waals surface area contributed by atoms with E-state index in [1.807, 2.05) is 19.1 Å². The number of aryl methyl sites for hydroxylation is 1. The number of fused-ring (bicyclic) bond motifs is 1. The maximum atomic E-state index is 12.2. The van der Waals surface area contributed by atoms with Gasteiger partial charge in [0.05, 0.1) is 0 Å². The summed E-state index contributed by atoms with van der Waals surface area (Å²) in [5.41, 5.74) is 0. The molecule has 2 saturated carbocycles. The third-order valence-corrected chi connectivity index (χ3v) is 4.21. The summed E-state index contributed by atoms with van der Waals surface area (Å²) < 4.78 is 5.55. The predicted molar refractivity (Wildman–Crippen MR) is 61.4 cm³/mol. The number of furan rings is 1. The number of carbonyl (C=O) groups excluding carboxylic acids is 1. The van der Waals surface area contributed by atoms with E-state index in [0.717, 1.165) is 12.2 Å². The Morgan fingerprint density at radius 1 is 1.31 bits per heavy atom. The van der Waals surface area contributed by atoms with E-state index < -0.39 is 0 Å². The second-order valence-electron chi connectivity index (χ2n) is 5.12. The summed E-state index contributed by atoms with van der Waals surface area (Å²) in [7, 11) is 0. The molecule has 0 saturated heterocycles. The monoisotopic (exact) mass is 218 g/mol. The topological polar surface area (TPSA) is 30.2 Å². The fraction of sp³-hybridized carbons (Fsp3) is 0.643. The average Bonchev–Trinajstić information content (AvgIpc) is 2.84. The number of hydrogen-bond donors (Lipinski definition) is 0. The number of rotatable bonds is 3. The lowest BCUT2D eigenvalue weighted by Crippen LogP contribution is -2.02. The minimum absolute atomic E-state index is 0.261. The first kappa shape index (κ1) is 10.1. The minimum atomic E-state index is 0.261. The Balaban J connectivity index is 1.74. The Morgan fingerprint density at radius 2 is 2.00 bits per heavy atom. The molecule has 2 heteroatoms. The van der Waals surface area contributed by atoms with Crippen molar-refractivity contribution in [2.24, 2.45) is 17.8 Å². The normalized spacial score (nSPS) is 32.2. The third kappa shape index (κ3) is 1.51. The maximum absolute atomic E-state index is 12.2. The smallest absolute Gasteiger partial charge is 0.201 e. The van der Waals surface area contributed by atoms with Gasteiger partial charge in [-0.15, -0.1) is 0 Å². The fourth-order valence-corrected chi connectivity index (χ4v) is 3.25. The quantitative estimate of drug-likeness (QED) is 0.727. The van der Waals surface area contributed by atoms with Crippen LogP contribution in [0.5, 0.6) is 0 Å². The van der Waals surface area contributed by atoms with Crippen molar-refractivity contribution in [2.75, 3.05) is 0 Å². The molecule has 2 aliphatic rings. The van der Waals surface area contributed by atoms with Crippen molar-refractivity contribution < 1.29 is 9.21 Å². The molecule has 1 heterocycles. The molecule has 2 fully saturated rings. The Hall–Kier alpha value is -1.05. The molecule has 0 aromatic carbocycles. The summed E-state index contributed by atoms with van der Waals surface area (Å²) in [6.07, 6.45) is 5.99. The van der Waals surface area contributed by atoms with Gasteiger partial charge in [0, 0.05) is 12.3 Å². The zero-order valence-corrected chi connectivity index (χ0v) is 9.74. The molecule has 1 aromatic heterocycles. The summed E-state index contributed by atoms with van der Waals surface area (Å²) in [6.45, 7) is 2.05. The van der Waals surface area contributed by atoms with Crippen molar-refractivity contribution in [2.45, 2.75) is 39.0 Å². The van der Waals surface area contributed by atoms with Crippen LogP contribution in [0.4, 0.5) is 0 Å². The molecule has 3 rings (SSSR count). The lowest BCUT2D eigenvalue weighted by atomic mass is 10.0. The van der Waals surface area contributed by atoms with Crippen molar-refractivity contribution in [3.63, 3.8) is 0 Å². The van der Waals surface area contributed by atoms with E-state index in [2.05, 4.69) is 0 Å². The first-order valence-corrected chi connectivity index (χ1v) is 6.44. The van der Waals surface area contributed by atoms with E-state index in [4.69, 9.17) is 4.42 Å². The largest absolute Gasteiger partial charge is 0.458 e. The summed E-state index contributed by atoms with van der Waals surface area (Å²) in [6, 6.07) is 3.78. The summed E-state index contributed by atoms with van der Waals surface area (Å²) in [5, 5.41) is 0. The first-order chi connectivity index (χ1) is 7.81. The highest BCUT2D eigenvalue weighted by molar-refractivity contribution is 5.97. The van der Waals surface area contributed by atoms with Gasteiger partial charge in [-0.25, -0.2) is 0 Å². The van der Waals surface area contributed by atoms with Crippen LogP contribution in [0.1, 0.15) is 48.9 Å². The van der Waals surface area contributed by atoms with Crippen LogP contribution in [0.15, 0.2) is 16.5 Å². The fourth-order valence-electron chi connectivity index (χ4n) is 3.25. The first-order valence-electron chi connectivity index (χ1n) is 6.44. The molecule has 86 valence electrons. The van der Waals surface area contributed by atoms with Gasteiger partial charge < -0.3 is 4.42 Å². The van der Waals surface area contributed by atoms with E-state index in [0.29, 0.717) is 23.5 Å². The van der Waals surface area contributed by atoms with Gasteiger partial charge in [0.25, 0.3) is 0 Å². The van der Waals surface area contributed by atoms with Gasteiger partial charge in [0.1, 0.15) is 5.76 Å². The van der Waals surface area contributed by atoms with Crippen LogP contribution >= 0.6 is 0 Å². The lowest BCUT2D eigenvalue weighted by Gasteiger charge is -2.04. The zero-order chi connectivity index (χ0) is 11.1. The van der Waals surface area contributed by atoms with Gasteiger partial charge in [-0.05, 0) is 36.8 Å². The molecule has 0 bridgehead atoms. The molecule has 0 aliphatic heterocycles. The number of carbonyl (C=O) groups is 1. The molecule has 2 unspecified atom stereocenters. The predicted octanol–water partition coefficient (Wildman–Crippen LogP) is 3.46. The number of Topliss-reactive ketones (excluding diaryl/α,β-unsaturated/α-hetero) is 1. The van der Waals surface area contributed by atoms with Gasteiger partial charge in [-0.3, -0.25) is 4.79 Å². The van der Waals surface area contributed by atoms with Crippen molar-refractivity contribution in [3.05, 3.63) is 23.7 Å². The van der Waals surface area contributed by atoms with Crippen LogP contribution in [-0.2, 0) is 6.42 Å². The van der Waals surface area contributed by atoms with Crippen LogP contribution in [0.2, 0.25) is 0 Å². The molecule has 16 heavy (non-hydrogen) atoms. The molecule has 0 amide bonds.